The third-order valence-electron chi connectivity index (χ3n) is 6.79. The number of carbonyl (C=O) groups is 2. The van der Waals surface area contributed by atoms with Crippen LogP contribution in [0.2, 0.25) is 5.02 Å². The van der Waals surface area contributed by atoms with Crippen LogP contribution in [0.4, 0.5) is 22.7 Å². The number of halogens is 1. The molecule has 2 heterocycles. The fourth-order valence-corrected chi connectivity index (χ4v) is 4.94. The molecule has 1 unspecified atom stereocenters. The predicted molar refractivity (Wildman–Crippen MR) is 148 cm³/mol. The molecule has 1 aromatic heterocycles. The number of carbonyl (C=O) groups excluding carboxylic acids is 2. The van der Waals surface area contributed by atoms with Gasteiger partial charge >= 0.3 is 0 Å². The number of rotatable bonds is 9. The Morgan fingerprint density at radius 2 is 1.87 bits per heavy atom. The molecule has 0 saturated heterocycles. The van der Waals surface area contributed by atoms with Gasteiger partial charge in [0.1, 0.15) is 28.6 Å². The minimum atomic E-state index is -0.711. The number of amides is 2. The third-order valence-corrected chi connectivity index (χ3v) is 7.15. The number of ether oxygens (including phenoxy) is 1. The van der Waals surface area contributed by atoms with Crippen LogP contribution < -0.4 is 36.9 Å². The van der Waals surface area contributed by atoms with Crippen molar-refractivity contribution in [1.29, 1.82) is 0 Å². The maximum atomic E-state index is 13.7. The minimum Gasteiger partial charge on any atom is -0.497 e. The number of primary amides is 1. The second-order valence-electron chi connectivity index (χ2n) is 9.17. The summed E-state index contributed by atoms with van der Waals surface area (Å²) in [6, 6.07) is 11.1. The maximum absolute atomic E-state index is 13.7. The van der Waals surface area contributed by atoms with Gasteiger partial charge < -0.3 is 30.4 Å². The molecular formula is C28H25ClN4O6. The Kier molecular flexibility index (Phi) is 6.65. The highest BCUT2D eigenvalue weighted by molar-refractivity contribution is 6.33. The third kappa shape index (κ3) is 4.42. The van der Waals surface area contributed by atoms with E-state index in [4.69, 9.17) is 26.5 Å². The molecule has 11 heteroatoms. The van der Waals surface area contributed by atoms with Crippen LogP contribution in [0.1, 0.15) is 57.2 Å². The highest BCUT2D eigenvalue weighted by Gasteiger charge is 2.36. The number of furan rings is 1. The topological polar surface area (TPSA) is 144 Å². The fraction of sp³-hybridized carbons (Fsp3) is 0.214. The number of nitrogens with one attached hydrogen (secondary N) is 2. The molecule has 200 valence electrons. The second kappa shape index (κ2) is 9.95. The average molecular weight is 549 g/mol. The van der Waals surface area contributed by atoms with Gasteiger partial charge in [0, 0.05) is 16.7 Å². The molecule has 1 aliphatic heterocycles. The van der Waals surface area contributed by atoms with Gasteiger partial charge in [-0.2, -0.15) is 0 Å². The number of hydrogen-bond donors (Lipinski definition) is 3. The van der Waals surface area contributed by atoms with Crippen LogP contribution in [0, 0.1) is 6.92 Å². The lowest BCUT2D eigenvalue weighted by Gasteiger charge is -2.21. The first-order valence-electron chi connectivity index (χ1n) is 12.2. The largest absolute Gasteiger partial charge is 0.497 e. The standard InChI is InChI=1S/C28H25ClN4O6/c1-4-18(21-10-5-13(2)39-21)31-23-24(26(35)25(23)34)32-19-9-8-17(29)16-12-33(28(37)22(16)19)20-11-14(38-3)6-7-15(20)27(30)36/h5-11,18,31-32H,4,12H2,1-3H3,(H2,30,36). The summed E-state index contributed by atoms with van der Waals surface area (Å²) in [4.78, 5) is 52.3. The number of aryl methyl sites for hydroxylation is 1. The minimum absolute atomic E-state index is 0.0386. The molecule has 0 aliphatic carbocycles. The molecule has 3 aromatic carbocycles. The summed E-state index contributed by atoms with van der Waals surface area (Å²) in [7, 11) is 1.47. The lowest BCUT2D eigenvalue weighted by molar-refractivity contribution is 0.0996. The van der Waals surface area contributed by atoms with E-state index < -0.39 is 22.7 Å². The van der Waals surface area contributed by atoms with Crippen molar-refractivity contribution in [2.24, 2.45) is 5.73 Å². The SMILES string of the molecule is CCC(Nc1c(Nc2ccc(Cl)c3c2C(=O)N(c2cc(OC)ccc2C(N)=O)C3)c(=O)c1=O)c1ccc(C)o1. The zero-order valence-electron chi connectivity index (χ0n) is 21.4. The molecule has 4 N–H and O–H groups in total. The van der Waals surface area contributed by atoms with Gasteiger partial charge in [-0.15, -0.1) is 0 Å². The van der Waals surface area contributed by atoms with Crippen molar-refractivity contribution in [1.82, 2.24) is 0 Å². The second-order valence-corrected chi connectivity index (χ2v) is 9.58. The Bertz CT molecular complexity index is 1700. The fourth-order valence-electron chi connectivity index (χ4n) is 4.73. The zero-order chi connectivity index (χ0) is 28.0. The van der Waals surface area contributed by atoms with Gasteiger partial charge in [-0.05, 0) is 49.7 Å². The quantitative estimate of drug-likeness (QED) is 0.261. The molecule has 0 radical (unpaired) electrons. The van der Waals surface area contributed by atoms with Crippen LogP contribution in [-0.2, 0) is 6.54 Å². The summed E-state index contributed by atoms with van der Waals surface area (Å²) in [6.07, 6.45) is 0.595. The van der Waals surface area contributed by atoms with E-state index in [-0.39, 0.29) is 40.8 Å². The van der Waals surface area contributed by atoms with E-state index in [0.717, 1.165) is 5.76 Å². The molecule has 0 saturated carbocycles. The number of nitrogens with zero attached hydrogens (tertiary/aromatic N) is 1. The average Bonchev–Trinajstić information content (AvgIpc) is 3.52. The first-order chi connectivity index (χ1) is 18.6. The number of hydrogen-bond acceptors (Lipinski definition) is 8. The Morgan fingerprint density at radius 3 is 2.51 bits per heavy atom. The molecule has 0 spiro atoms. The van der Waals surface area contributed by atoms with Crippen molar-refractivity contribution < 1.29 is 18.7 Å². The van der Waals surface area contributed by atoms with E-state index in [9.17, 15) is 19.2 Å². The number of benzene rings is 2. The molecule has 2 amide bonds. The van der Waals surface area contributed by atoms with Crippen LogP contribution in [0.3, 0.4) is 0 Å². The number of fused-ring (bicyclic) bond motifs is 1. The summed E-state index contributed by atoms with van der Waals surface area (Å²) in [5.41, 5.74) is 5.74. The van der Waals surface area contributed by atoms with Gasteiger partial charge in [-0.25, -0.2) is 0 Å². The molecule has 0 fully saturated rings. The first-order valence-corrected chi connectivity index (χ1v) is 12.6. The van der Waals surface area contributed by atoms with E-state index >= 15 is 0 Å². The smallest absolute Gasteiger partial charge is 0.261 e. The lowest BCUT2D eigenvalue weighted by Crippen LogP contribution is -2.37. The summed E-state index contributed by atoms with van der Waals surface area (Å²) in [5.74, 6) is 0.619. The van der Waals surface area contributed by atoms with Crippen molar-refractivity contribution in [3.8, 4) is 5.75 Å². The monoisotopic (exact) mass is 548 g/mol. The van der Waals surface area contributed by atoms with Gasteiger partial charge in [0.25, 0.3) is 22.7 Å². The lowest BCUT2D eigenvalue weighted by atomic mass is 10.1. The van der Waals surface area contributed by atoms with Gasteiger partial charge in [0.2, 0.25) is 0 Å². The molecular weight excluding hydrogens is 524 g/mol. The van der Waals surface area contributed by atoms with E-state index in [1.165, 1.54) is 18.1 Å². The zero-order valence-corrected chi connectivity index (χ0v) is 22.1. The summed E-state index contributed by atoms with van der Waals surface area (Å²) in [6.45, 7) is 3.80. The summed E-state index contributed by atoms with van der Waals surface area (Å²) >= 11 is 6.46. The Labute approximate surface area is 228 Å². The Balaban J connectivity index is 1.50. The molecule has 1 aliphatic rings. The van der Waals surface area contributed by atoms with Gasteiger partial charge in [-0.3, -0.25) is 19.2 Å². The number of methoxy groups -OCH3 is 1. The van der Waals surface area contributed by atoms with Gasteiger partial charge in [0.15, 0.2) is 0 Å². The van der Waals surface area contributed by atoms with Crippen molar-refractivity contribution in [2.45, 2.75) is 32.9 Å². The van der Waals surface area contributed by atoms with Crippen molar-refractivity contribution in [2.75, 3.05) is 22.6 Å². The number of anilines is 4. The predicted octanol–water partition coefficient (Wildman–Crippen LogP) is 4.41. The van der Waals surface area contributed by atoms with E-state index in [1.54, 1.807) is 24.3 Å². The molecule has 39 heavy (non-hydrogen) atoms. The summed E-state index contributed by atoms with van der Waals surface area (Å²) in [5, 5.41) is 6.42. The highest BCUT2D eigenvalue weighted by atomic mass is 35.5. The van der Waals surface area contributed by atoms with E-state index in [0.29, 0.717) is 34.2 Å². The van der Waals surface area contributed by atoms with Crippen molar-refractivity contribution in [3.05, 3.63) is 96.1 Å². The Hall–Kier alpha value is -4.57. The van der Waals surface area contributed by atoms with Crippen molar-refractivity contribution in [3.63, 3.8) is 0 Å². The molecule has 1 atom stereocenters. The highest BCUT2D eigenvalue weighted by Crippen LogP contribution is 2.40. The van der Waals surface area contributed by atoms with Crippen LogP contribution in [0.5, 0.6) is 5.75 Å². The summed E-state index contributed by atoms with van der Waals surface area (Å²) < 4.78 is 11.0. The van der Waals surface area contributed by atoms with Crippen LogP contribution in [0.15, 0.2) is 56.5 Å². The van der Waals surface area contributed by atoms with Crippen LogP contribution in [0.25, 0.3) is 0 Å². The molecule has 10 nitrogen and oxygen atoms in total. The Morgan fingerprint density at radius 1 is 1.13 bits per heavy atom. The molecule has 4 aromatic rings. The van der Waals surface area contributed by atoms with E-state index in [1.807, 2.05) is 26.0 Å². The van der Waals surface area contributed by atoms with Crippen molar-refractivity contribution >= 4 is 46.2 Å². The maximum Gasteiger partial charge on any atom is 0.261 e. The number of nitrogens with two attached hydrogens (primary N) is 1. The van der Waals surface area contributed by atoms with Gasteiger partial charge in [-0.1, -0.05) is 18.5 Å². The van der Waals surface area contributed by atoms with Gasteiger partial charge in [0.05, 0.1) is 42.2 Å². The normalized spacial score (nSPS) is 13.4. The van der Waals surface area contributed by atoms with Crippen LogP contribution >= 0.6 is 11.6 Å². The molecule has 0 bridgehead atoms. The first kappa shape index (κ1) is 26.1. The van der Waals surface area contributed by atoms with Crippen LogP contribution in [-0.4, -0.2) is 18.9 Å². The molecule has 5 rings (SSSR count). The van der Waals surface area contributed by atoms with E-state index in [2.05, 4.69) is 10.6 Å².